The average Bonchev–Trinajstić information content (AvgIpc) is 2.91. The van der Waals surface area contributed by atoms with Gasteiger partial charge in [0.25, 0.3) is 0 Å². The van der Waals surface area contributed by atoms with Gasteiger partial charge in [-0.1, -0.05) is 42.5 Å². The van der Waals surface area contributed by atoms with E-state index >= 15 is 0 Å². The molecule has 36 heavy (non-hydrogen) atoms. The lowest BCUT2D eigenvalue weighted by atomic mass is 10.0. The highest BCUT2D eigenvalue weighted by molar-refractivity contribution is 5.90. The predicted molar refractivity (Wildman–Crippen MR) is 148 cm³/mol. The van der Waals surface area contributed by atoms with Gasteiger partial charge in [-0.2, -0.15) is 0 Å². The molecule has 190 valence electrons. The lowest BCUT2D eigenvalue weighted by Crippen LogP contribution is -2.50. The fourth-order valence-corrected chi connectivity index (χ4v) is 4.59. The van der Waals surface area contributed by atoms with Gasteiger partial charge in [0.05, 0.1) is 18.3 Å². The number of carbonyl (C=O) groups is 1. The van der Waals surface area contributed by atoms with Crippen LogP contribution in [-0.4, -0.2) is 64.4 Å². The third-order valence-electron chi connectivity index (χ3n) is 6.56. The Kier molecular flexibility index (Phi) is 8.68. The van der Waals surface area contributed by atoms with E-state index in [0.717, 1.165) is 31.9 Å². The van der Waals surface area contributed by atoms with Crippen molar-refractivity contribution in [3.05, 3.63) is 84.4 Å². The SMILES string of the molecule is CCOc1ccccc1NC(=O)NC[C@@H](c1ccc(N(C)C)cc1)N1CCN(c2ccccc2)CC1. The molecule has 4 rings (SSSR count). The number of ether oxygens (including phenoxy) is 1. The molecule has 3 aromatic carbocycles. The number of carbonyl (C=O) groups excluding carboxylic acids is 1. The number of rotatable bonds is 9. The van der Waals surface area contributed by atoms with Crippen LogP contribution in [0.2, 0.25) is 0 Å². The summed E-state index contributed by atoms with van der Waals surface area (Å²) in [6, 6.07) is 26.5. The molecular formula is C29H37N5O2. The quantitative estimate of drug-likeness (QED) is 0.453. The number of nitrogens with zero attached hydrogens (tertiary/aromatic N) is 3. The van der Waals surface area contributed by atoms with E-state index in [-0.39, 0.29) is 12.1 Å². The van der Waals surface area contributed by atoms with E-state index in [4.69, 9.17) is 4.74 Å². The second-order valence-corrected chi connectivity index (χ2v) is 9.12. The van der Waals surface area contributed by atoms with Gasteiger partial charge in [0.2, 0.25) is 0 Å². The van der Waals surface area contributed by atoms with Crippen LogP contribution in [0.3, 0.4) is 0 Å². The number of nitrogens with one attached hydrogen (secondary N) is 2. The number of hydrogen-bond acceptors (Lipinski definition) is 5. The van der Waals surface area contributed by atoms with Crippen molar-refractivity contribution in [1.29, 1.82) is 0 Å². The van der Waals surface area contributed by atoms with Gasteiger partial charge in [-0.15, -0.1) is 0 Å². The number of amides is 2. The minimum Gasteiger partial charge on any atom is -0.492 e. The number of anilines is 3. The first-order valence-electron chi connectivity index (χ1n) is 12.6. The summed E-state index contributed by atoms with van der Waals surface area (Å²) in [5.41, 5.74) is 4.28. The maximum absolute atomic E-state index is 12.9. The third kappa shape index (κ3) is 6.49. The Balaban J connectivity index is 1.44. The van der Waals surface area contributed by atoms with Gasteiger partial charge in [-0.25, -0.2) is 4.79 Å². The maximum Gasteiger partial charge on any atom is 0.319 e. The van der Waals surface area contributed by atoms with Gasteiger partial charge in [-0.05, 0) is 48.9 Å². The minimum atomic E-state index is -0.236. The van der Waals surface area contributed by atoms with Crippen molar-refractivity contribution >= 4 is 23.1 Å². The molecule has 2 N–H and O–H groups in total. The number of para-hydroxylation sites is 3. The Bertz CT molecular complexity index is 1100. The number of hydrogen-bond donors (Lipinski definition) is 2. The third-order valence-corrected chi connectivity index (χ3v) is 6.56. The highest BCUT2D eigenvalue weighted by Gasteiger charge is 2.26. The van der Waals surface area contributed by atoms with Crippen molar-refractivity contribution in [2.24, 2.45) is 0 Å². The molecule has 0 aliphatic carbocycles. The minimum absolute atomic E-state index is 0.0759. The van der Waals surface area contributed by atoms with Crippen LogP contribution in [0.15, 0.2) is 78.9 Å². The molecule has 0 saturated carbocycles. The number of piperazine rings is 1. The number of benzene rings is 3. The highest BCUT2D eigenvalue weighted by atomic mass is 16.5. The van der Waals surface area contributed by atoms with Gasteiger partial charge >= 0.3 is 6.03 Å². The Morgan fingerprint density at radius 2 is 1.58 bits per heavy atom. The molecule has 2 amide bonds. The molecule has 1 saturated heterocycles. The van der Waals surface area contributed by atoms with E-state index in [1.54, 1.807) is 0 Å². The van der Waals surface area contributed by atoms with E-state index in [9.17, 15) is 4.79 Å². The second kappa shape index (κ2) is 12.3. The van der Waals surface area contributed by atoms with Gasteiger partial charge in [0.15, 0.2) is 0 Å². The Morgan fingerprint density at radius 3 is 2.25 bits per heavy atom. The summed E-state index contributed by atoms with van der Waals surface area (Å²) in [6.45, 7) is 6.72. The summed E-state index contributed by atoms with van der Waals surface area (Å²) in [6.07, 6.45) is 0. The van der Waals surface area contributed by atoms with Crippen molar-refractivity contribution < 1.29 is 9.53 Å². The molecule has 7 nitrogen and oxygen atoms in total. The Morgan fingerprint density at radius 1 is 0.917 bits per heavy atom. The van der Waals surface area contributed by atoms with Crippen LogP contribution in [0, 0.1) is 0 Å². The van der Waals surface area contributed by atoms with Crippen LogP contribution in [0.25, 0.3) is 0 Å². The molecule has 3 aromatic rings. The van der Waals surface area contributed by atoms with Gasteiger partial charge < -0.3 is 25.2 Å². The Hall–Kier alpha value is -3.71. The van der Waals surface area contributed by atoms with E-state index in [2.05, 4.69) is 79.9 Å². The largest absolute Gasteiger partial charge is 0.492 e. The van der Waals surface area contributed by atoms with Crippen LogP contribution in [0.1, 0.15) is 18.5 Å². The molecule has 1 heterocycles. The summed E-state index contributed by atoms with van der Waals surface area (Å²) in [4.78, 5) is 19.8. The smallest absolute Gasteiger partial charge is 0.319 e. The van der Waals surface area contributed by atoms with Crippen LogP contribution >= 0.6 is 0 Å². The van der Waals surface area contributed by atoms with E-state index in [0.29, 0.717) is 24.6 Å². The average molecular weight is 488 g/mol. The highest BCUT2D eigenvalue weighted by Crippen LogP contribution is 2.26. The summed E-state index contributed by atoms with van der Waals surface area (Å²) in [7, 11) is 4.09. The van der Waals surface area contributed by atoms with Crippen molar-refractivity contribution in [3.63, 3.8) is 0 Å². The molecule has 0 aromatic heterocycles. The lowest BCUT2D eigenvalue weighted by Gasteiger charge is -2.40. The zero-order chi connectivity index (χ0) is 25.3. The van der Waals surface area contributed by atoms with E-state index in [1.807, 2.05) is 45.3 Å². The predicted octanol–water partition coefficient (Wildman–Crippen LogP) is 4.84. The summed E-state index contributed by atoms with van der Waals surface area (Å²) in [5, 5.41) is 6.05. The van der Waals surface area contributed by atoms with E-state index < -0.39 is 0 Å². The standard InChI is InChI=1S/C29H37N5O2/c1-4-36-28-13-9-8-12-26(28)31-29(35)30-22-27(23-14-16-24(17-15-23)32(2)3)34-20-18-33(19-21-34)25-10-6-5-7-11-25/h5-17,27H,4,18-22H2,1-3H3,(H2,30,31,35)/t27-/m0/s1. The van der Waals surface area contributed by atoms with Crippen LogP contribution in [-0.2, 0) is 0 Å². The van der Waals surface area contributed by atoms with Crippen molar-refractivity contribution in [3.8, 4) is 5.75 Å². The van der Waals surface area contributed by atoms with Gasteiger partial charge in [0.1, 0.15) is 5.75 Å². The van der Waals surface area contributed by atoms with Crippen molar-refractivity contribution in [2.75, 3.05) is 68.5 Å². The van der Waals surface area contributed by atoms with E-state index in [1.165, 1.54) is 11.3 Å². The van der Waals surface area contributed by atoms with Crippen LogP contribution in [0.5, 0.6) is 5.75 Å². The normalized spacial score (nSPS) is 14.7. The fraction of sp³-hybridized carbons (Fsp3) is 0.345. The Labute approximate surface area is 214 Å². The molecule has 0 bridgehead atoms. The molecule has 0 unspecified atom stereocenters. The fourth-order valence-electron chi connectivity index (χ4n) is 4.59. The lowest BCUT2D eigenvalue weighted by molar-refractivity contribution is 0.182. The molecule has 1 aliphatic rings. The number of urea groups is 1. The summed E-state index contributed by atoms with van der Waals surface area (Å²) in [5.74, 6) is 0.669. The molecule has 1 aliphatic heterocycles. The molecular weight excluding hydrogens is 450 g/mol. The van der Waals surface area contributed by atoms with Crippen molar-refractivity contribution in [2.45, 2.75) is 13.0 Å². The van der Waals surface area contributed by atoms with Gasteiger partial charge in [0, 0.05) is 58.2 Å². The molecule has 0 spiro atoms. The first-order chi connectivity index (χ1) is 17.5. The molecule has 1 fully saturated rings. The summed E-state index contributed by atoms with van der Waals surface area (Å²) < 4.78 is 5.65. The van der Waals surface area contributed by atoms with Crippen LogP contribution in [0.4, 0.5) is 21.9 Å². The molecule has 1 atom stereocenters. The summed E-state index contributed by atoms with van der Waals surface area (Å²) >= 11 is 0. The molecule has 0 radical (unpaired) electrons. The van der Waals surface area contributed by atoms with Gasteiger partial charge in [-0.3, -0.25) is 4.90 Å². The maximum atomic E-state index is 12.9. The van der Waals surface area contributed by atoms with Crippen LogP contribution < -0.4 is 25.2 Å². The second-order valence-electron chi connectivity index (χ2n) is 9.12. The topological polar surface area (TPSA) is 60.1 Å². The first-order valence-corrected chi connectivity index (χ1v) is 12.6. The zero-order valence-electron chi connectivity index (χ0n) is 21.5. The first kappa shape index (κ1) is 25.4. The monoisotopic (exact) mass is 487 g/mol. The zero-order valence-corrected chi connectivity index (χ0v) is 21.5. The molecule has 7 heteroatoms. The van der Waals surface area contributed by atoms with Crippen molar-refractivity contribution in [1.82, 2.24) is 10.2 Å².